The molecule has 0 heterocycles. The van der Waals surface area contributed by atoms with Gasteiger partial charge in [0, 0.05) is 12.6 Å². The van der Waals surface area contributed by atoms with E-state index < -0.39 is 0 Å². The SMILES string of the molecule is Cc1cc(C(N)CCO)cc(Br)c1F. The van der Waals surface area contributed by atoms with E-state index in [9.17, 15) is 4.39 Å². The van der Waals surface area contributed by atoms with E-state index in [1.807, 2.05) is 0 Å². The number of hydrogen-bond donors (Lipinski definition) is 2. The summed E-state index contributed by atoms with van der Waals surface area (Å²) in [5, 5.41) is 8.73. The highest BCUT2D eigenvalue weighted by molar-refractivity contribution is 9.10. The minimum Gasteiger partial charge on any atom is -0.396 e. The number of aryl methyl sites for hydroxylation is 1. The van der Waals surface area contributed by atoms with E-state index in [4.69, 9.17) is 10.8 Å². The zero-order valence-electron chi connectivity index (χ0n) is 7.93. The number of halogens is 2. The summed E-state index contributed by atoms with van der Waals surface area (Å²) in [6.45, 7) is 1.73. The summed E-state index contributed by atoms with van der Waals surface area (Å²) in [4.78, 5) is 0. The van der Waals surface area contributed by atoms with Gasteiger partial charge in [-0.2, -0.15) is 0 Å². The molecule has 0 radical (unpaired) electrons. The van der Waals surface area contributed by atoms with Crippen molar-refractivity contribution < 1.29 is 9.50 Å². The predicted molar refractivity (Wildman–Crippen MR) is 57.5 cm³/mol. The third-order valence-electron chi connectivity index (χ3n) is 2.10. The lowest BCUT2D eigenvalue weighted by Crippen LogP contribution is -2.12. The van der Waals surface area contributed by atoms with Crippen molar-refractivity contribution in [1.82, 2.24) is 0 Å². The highest BCUT2D eigenvalue weighted by atomic mass is 79.9. The van der Waals surface area contributed by atoms with Gasteiger partial charge in [0.2, 0.25) is 0 Å². The van der Waals surface area contributed by atoms with Gasteiger partial charge < -0.3 is 10.8 Å². The van der Waals surface area contributed by atoms with E-state index in [0.717, 1.165) is 5.56 Å². The Morgan fingerprint density at radius 1 is 1.57 bits per heavy atom. The first-order valence-electron chi connectivity index (χ1n) is 4.38. The molecule has 2 nitrogen and oxygen atoms in total. The molecule has 0 spiro atoms. The second-order valence-electron chi connectivity index (χ2n) is 3.25. The van der Waals surface area contributed by atoms with Crippen LogP contribution in [0.1, 0.15) is 23.6 Å². The van der Waals surface area contributed by atoms with Gasteiger partial charge in [-0.05, 0) is 46.5 Å². The number of aliphatic hydroxyl groups is 1. The Bertz CT molecular complexity index is 307. The molecule has 1 aromatic rings. The van der Waals surface area contributed by atoms with Crippen LogP contribution in [0.5, 0.6) is 0 Å². The first-order valence-corrected chi connectivity index (χ1v) is 5.17. The molecule has 1 rings (SSSR count). The lowest BCUT2D eigenvalue weighted by atomic mass is 10.0. The van der Waals surface area contributed by atoms with Gasteiger partial charge in [0.1, 0.15) is 5.82 Å². The topological polar surface area (TPSA) is 46.2 Å². The standard InChI is InChI=1S/C10H13BrFNO/c1-6-4-7(9(13)2-3-14)5-8(11)10(6)12/h4-5,9,14H,2-3,13H2,1H3. The van der Waals surface area contributed by atoms with Gasteiger partial charge in [0.25, 0.3) is 0 Å². The summed E-state index contributed by atoms with van der Waals surface area (Å²) in [6, 6.07) is 3.12. The Morgan fingerprint density at radius 2 is 2.21 bits per heavy atom. The molecule has 0 aliphatic carbocycles. The highest BCUT2D eigenvalue weighted by Gasteiger charge is 2.10. The normalized spacial score (nSPS) is 12.9. The Balaban J connectivity index is 3.00. The van der Waals surface area contributed by atoms with Crippen molar-refractivity contribution in [1.29, 1.82) is 0 Å². The maximum absolute atomic E-state index is 13.2. The van der Waals surface area contributed by atoms with E-state index in [0.29, 0.717) is 16.5 Å². The molecule has 1 aromatic carbocycles. The number of benzene rings is 1. The molecule has 14 heavy (non-hydrogen) atoms. The Morgan fingerprint density at radius 3 is 2.71 bits per heavy atom. The molecule has 0 amide bonds. The summed E-state index contributed by atoms with van der Waals surface area (Å²) in [5.41, 5.74) is 7.19. The number of hydrogen-bond acceptors (Lipinski definition) is 2. The third kappa shape index (κ3) is 2.53. The van der Waals surface area contributed by atoms with Crippen LogP contribution in [0.3, 0.4) is 0 Å². The predicted octanol–water partition coefficient (Wildman–Crippen LogP) is 2.28. The molecule has 0 saturated heterocycles. The van der Waals surface area contributed by atoms with Gasteiger partial charge in [-0.25, -0.2) is 4.39 Å². The highest BCUT2D eigenvalue weighted by Crippen LogP contribution is 2.24. The van der Waals surface area contributed by atoms with E-state index >= 15 is 0 Å². The van der Waals surface area contributed by atoms with Gasteiger partial charge >= 0.3 is 0 Å². The minimum absolute atomic E-state index is 0.0369. The summed E-state index contributed by atoms with van der Waals surface area (Å²) in [7, 11) is 0. The Labute approximate surface area is 91.1 Å². The van der Waals surface area contributed by atoms with Crippen molar-refractivity contribution >= 4 is 15.9 Å². The molecule has 0 aromatic heterocycles. The Hall–Kier alpha value is -0.450. The van der Waals surface area contributed by atoms with Crippen LogP contribution in [0.4, 0.5) is 4.39 Å². The molecule has 3 N–H and O–H groups in total. The van der Waals surface area contributed by atoms with Crippen LogP contribution < -0.4 is 5.73 Å². The lowest BCUT2D eigenvalue weighted by molar-refractivity contribution is 0.276. The largest absolute Gasteiger partial charge is 0.396 e. The fourth-order valence-electron chi connectivity index (χ4n) is 1.27. The summed E-state index contributed by atoms with van der Waals surface area (Å²) < 4.78 is 13.6. The average molecular weight is 262 g/mol. The van der Waals surface area contributed by atoms with Crippen molar-refractivity contribution in [2.75, 3.05) is 6.61 Å². The Kier molecular flexibility index (Phi) is 4.04. The zero-order chi connectivity index (χ0) is 10.7. The molecule has 0 aliphatic rings. The molecule has 0 aliphatic heterocycles. The van der Waals surface area contributed by atoms with Crippen LogP contribution in [0.15, 0.2) is 16.6 Å². The zero-order valence-corrected chi connectivity index (χ0v) is 9.51. The van der Waals surface area contributed by atoms with E-state index in [1.165, 1.54) is 0 Å². The smallest absolute Gasteiger partial charge is 0.140 e. The van der Waals surface area contributed by atoms with Crippen molar-refractivity contribution in [2.24, 2.45) is 5.73 Å². The van der Waals surface area contributed by atoms with Crippen molar-refractivity contribution in [3.63, 3.8) is 0 Å². The van der Waals surface area contributed by atoms with Crippen molar-refractivity contribution in [3.05, 3.63) is 33.5 Å². The molecule has 1 unspecified atom stereocenters. The summed E-state index contributed by atoms with van der Waals surface area (Å²) in [6.07, 6.45) is 0.484. The molecule has 78 valence electrons. The fraction of sp³-hybridized carbons (Fsp3) is 0.400. The third-order valence-corrected chi connectivity index (χ3v) is 2.68. The van der Waals surface area contributed by atoms with Gasteiger partial charge in [0.15, 0.2) is 0 Å². The monoisotopic (exact) mass is 261 g/mol. The van der Waals surface area contributed by atoms with Crippen LogP contribution in [-0.2, 0) is 0 Å². The summed E-state index contributed by atoms with van der Waals surface area (Å²) in [5.74, 6) is -0.259. The number of aliphatic hydroxyl groups excluding tert-OH is 1. The maximum atomic E-state index is 13.2. The number of nitrogens with two attached hydrogens (primary N) is 1. The molecular weight excluding hydrogens is 249 g/mol. The van der Waals surface area contributed by atoms with Crippen LogP contribution in [0, 0.1) is 12.7 Å². The molecule has 0 fully saturated rings. The van der Waals surface area contributed by atoms with Crippen molar-refractivity contribution in [2.45, 2.75) is 19.4 Å². The van der Waals surface area contributed by atoms with Crippen LogP contribution >= 0.6 is 15.9 Å². The second kappa shape index (κ2) is 4.87. The van der Waals surface area contributed by atoms with Crippen LogP contribution in [0.2, 0.25) is 0 Å². The molecule has 0 bridgehead atoms. The summed E-state index contributed by atoms with van der Waals surface area (Å²) >= 11 is 3.12. The van der Waals surface area contributed by atoms with Crippen LogP contribution in [0.25, 0.3) is 0 Å². The van der Waals surface area contributed by atoms with Crippen LogP contribution in [-0.4, -0.2) is 11.7 Å². The van der Waals surface area contributed by atoms with E-state index in [1.54, 1.807) is 19.1 Å². The lowest BCUT2D eigenvalue weighted by Gasteiger charge is -2.12. The van der Waals surface area contributed by atoms with E-state index in [2.05, 4.69) is 15.9 Å². The number of rotatable bonds is 3. The first kappa shape index (κ1) is 11.6. The molecule has 0 saturated carbocycles. The maximum Gasteiger partial charge on any atom is 0.140 e. The first-order chi connectivity index (χ1) is 6.56. The molecule has 4 heteroatoms. The minimum atomic E-state index is -0.259. The van der Waals surface area contributed by atoms with E-state index in [-0.39, 0.29) is 18.5 Å². The van der Waals surface area contributed by atoms with Gasteiger partial charge in [-0.15, -0.1) is 0 Å². The van der Waals surface area contributed by atoms with Crippen molar-refractivity contribution in [3.8, 4) is 0 Å². The average Bonchev–Trinajstić information content (AvgIpc) is 2.13. The second-order valence-corrected chi connectivity index (χ2v) is 4.11. The molecule has 1 atom stereocenters. The molecular formula is C10H13BrFNO. The quantitative estimate of drug-likeness (QED) is 0.877. The van der Waals surface area contributed by atoms with Gasteiger partial charge in [-0.1, -0.05) is 6.07 Å². The fourth-order valence-corrected chi connectivity index (χ4v) is 1.85. The van der Waals surface area contributed by atoms with Gasteiger partial charge in [0.05, 0.1) is 4.47 Å². The van der Waals surface area contributed by atoms with Gasteiger partial charge in [-0.3, -0.25) is 0 Å².